The lowest BCUT2D eigenvalue weighted by Crippen LogP contribution is -2.22. The molecule has 3 heteroatoms. The fourth-order valence-electron chi connectivity index (χ4n) is 1.81. The molecule has 0 aliphatic heterocycles. The molecule has 0 atom stereocenters. The van der Waals surface area contributed by atoms with E-state index >= 15 is 0 Å². The lowest BCUT2D eigenvalue weighted by molar-refractivity contribution is 0.339. The van der Waals surface area contributed by atoms with Gasteiger partial charge >= 0.3 is 0 Å². The number of rotatable bonds is 5. The average Bonchev–Trinajstić information content (AvgIpc) is 2.47. The minimum absolute atomic E-state index is 0.637. The molecule has 2 nitrogen and oxygen atoms in total. The van der Waals surface area contributed by atoms with Crippen LogP contribution in [0.25, 0.3) is 0 Å². The summed E-state index contributed by atoms with van der Waals surface area (Å²) in [7, 11) is 0. The van der Waals surface area contributed by atoms with Gasteiger partial charge in [0.15, 0.2) is 0 Å². The van der Waals surface area contributed by atoms with Crippen LogP contribution in [0.4, 0.5) is 0 Å². The molecule has 0 radical (unpaired) electrons. The normalized spacial score (nSPS) is 9.95. The maximum absolute atomic E-state index is 5.58. The van der Waals surface area contributed by atoms with Crippen LogP contribution in [0.3, 0.4) is 0 Å². The van der Waals surface area contributed by atoms with Crippen molar-refractivity contribution in [3.63, 3.8) is 0 Å². The Bertz CT molecular complexity index is 539. The first-order valence-electron chi connectivity index (χ1n) is 6.35. The fourth-order valence-corrected chi connectivity index (χ4v) is 2.05. The SMILES string of the molecule is CCOc1ccccc1C(=S)NCc1ccccc1. The van der Waals surface area contributed by atoms with E-state index in [1.165, 1.54) is 5.56 Å². The molecular weight excluding hydrogens is 254 g/mol. The monoisotopic (exact) mass is 271 g/mol. The van der Waals surface area contributed by atoms with E-state index in [2.05, 4.69) is 17.4 Å². The maximum Gasteiger partial charge on any atom is 0.129 e. The molecule has 2 aromatic rings. The van der Waals surface area contributed by atoms with Gasteiger partial charge in [-0.15, -0.1) is 0 Å². The van der Waals surface area contributed by atoms with Crippen LogP contribution in [0.5, 0.6) is 5.75 Å². The summed E-state index contributed by atoms with van der Waals surface area (Å²) in [4.78, 5) is 0.716. The van der Waals surface area contributed by atoms with Crippen LogP contribution in [0.1, 0.15) is 18.1 Å². The van der Waals surface area contributed by atoms with Gasteiger partial charge < -0.3 is 10.1 Å². The zero-order chi connectivity index (χ0) is 13.5. The quantitative estimate of drug-likeness (QED) is 0.840. The van der Waals surface area contributed by atoms with Crippen molar-refractivity contribution in [1.82, 2.24) is 5.32 Å². The molecule has 0 heterocycles. The Kier molecular flexibility index (Phi) is 4.93. The van der Waals surface area contributed by atoms with Crippen molar-refractivity contribution < 1.29 is 4.74 Å². The molecule has 2 aromatic carbocycles. The molecule has 0 aliphatic rings. The second-order valence-electron chi connectivity index (χ2n) is 4.10. The summed E-state index contributed by atoms with van der Waals surface area (Å²) >= 11 is 5.43. The predicted octanol–water partition coefficient (Wildman–Crippen LogP) is 3.55. The number of thiocarbonyl (C=S) groups is 1. The molecule has 98 valence electrons. The van der Waals surface area contributed by atoms with Crippen LogP contribution < -0.4 is 10.1 Å². The van der Waals surface area contributed by atoms with Crippen molar-refractivity contribution in [2.45, 2.75) is 13.5 Å². The summed E-state index contributed by atoms with van der Waals surface area (Å²) in [5, 5.41) is 3.27. The van der Waals surface area contributed by atoms with Gasteiger partial charge in [0.2, 0.25) is 0 Å². The van der Waals surface area contributed by atoms with E-state index in [4.69, 9.17) is 17.0 Å². The number of nitrogens with one attached hydrogen (secondary N) is 1. The molecule has 1 N–H and O–H groups in total. The van der Waals surface area contributed by atoms with Gasteiger partial charge in [0.1, 0.15) is 10.7 Å². The molecule has 0 saturated heterocycles. The second kappa shape index (κ2) is 6.90. The fraction of sp³-hybridized carbons (Fsp3) is 0.188. The van der Waals surface area contributed by atoms with E-state index in [1.807, 2.05) is 49.4 Å². The minimum atomic E-state index is 0.637. The highest BCUT2D eigenvalue weighted by Gasteiger charge is 2.07. The van der Waals surface area contributed by atoms with Gasteiger partial charge in [-0.25, -0.2) is 0 Å². The van der Waals surface area contributed by atoms with Crippen LogP contribution in [0, 0.1) is 0 Å². The highest BCUT2D eigenvalue weighted by molar-refractivity contribution is 7.80. The minimum Gasteiger partial charge on any atom is -0.493 e. The van der Waals surface area contributed by atoms with Gasteiger partial charge in [0.25, 0.3) is 0 Å². The van der Waals surface area contributed by atoms with Gasteiger partial charge in [0, 0.05) is 6.54 Å². The molecule has 0 unspecified atom stereocenters. The van der Waals surface area contributed by atoms with E-state index in [-0.39, 0.29) is 0 Å². The van der Waals surface area contributed by atoms with Gasteiger partial charge in [-0.05, 0) is 24.6 Å². The van der Waals surface area contributed by atoms with Crippen molar-refractivity contribution in [1.29, 1.82) is 0 Å². The van der Waals surface area contributed by atoms with E-state index in [0.29, 0.717) is 11.6 Å². The van der Waals surface area contributed by atoms with Gasteiger partial charge in [-0.1, -0.05) is 54.7 Å². The molecule has 0 aromatic heterocycles. The lowest BCUT2D eigenvalue weighted by Gasteiger charge is -2.12. The first-order valence-corrected chi connectivity index (χ1v) is 6.76. The van der Waals surface area contributed by atoms with Gasteiger partial charge in [-0.3, -0.25) is 0 Å². The highest BCUT2D eigenvalue weighted by atomic mass is 32.1. The van der Waals surface area contributed by atoms with Crippen LogP contribution >= 0.6 is 12.2 Å². The molecule has 0 aliphatic carbocycles. The van der Waals surface area contributed by atoms with Crippen LogP contribution in [0.2, 0.25) is 0 Å². The van der Waals surface area contributed by atoms with Crippen molar-refractivity contribution in [2.75, 3.05) is 6.61 Å². The molecule has 2 rings (SSSR count). The summed E-state index contributed by atoms with van der Waals surface area (Å²) in [5.41, 5.74) is 2.15. The maximum atomic E-state index is 5.58. The van der Waals surface area contributed by atoms with E-state index < -0.39 is 0 Å². The Morgan fingerprint density at radius 3 is 2.47 bits per heavy atom. The first-order chi connectivity index (χ1) is 9.31. The summed E-state index contributed by atoms with van der Waals surface area (Å²) in [6.45, 7) is 3.33. The molecule has 0 saturated carbocycles. The molecule has 19 heavy (non-hydrogen) atoms. The van der Waals surface area contributed by atoms with E-state index in [1.54, 1.807) is 0 Å². The number of hydrogen-bond donors (Lipinski definition) is 1. The van der Waals surface area contributed by atoms with Gasteiger partial charge in [-0.2, -0.15) is 0 Å². The topological polar surface area (TPSA) is 21.3 Å². The van der Waals surface area contributed by atoms with Gasteiger partial charge in [0.05, 0.1) is 12.2 Å². The first kappa shape index (κ1) is 13.6. The number of benzene rings is 2. The second-order valence-corrected chi connectivity index (χ2v) is 4.51. The third kappa shape index (κ3) is 3.80. The lowest BCUT2D eigenvalue weighted by atomic mass is 10.2. The smallest absolute Gasteiger partial charge is 0.129 e. The van der Waals surface area contributed by atoms with Crippen LogP contribution in [0.15, 0.2) is 54.6 Å². The Morgan fingerprint density at radius 1 is 1.05 bits per heavy atom. The van der Waals surface area contributed by atoms with E-state index in [0.717, 1.165) is 17.9 Å². The third-order valence-corrected chi connectivity index (χ3v) is 3.09. The van der Waals surface area contributed by atoms with Crippen molar-refractivity contribution in [2.24, 2.45) is 0 Å². The Morgan fingerprint density at radius 2 is 1.74 bits per heavy atom. The summed E-state index contributed by atoms with van der Waals surface area (Å²) in [5.74, 6) is 0.829. The Balaban J connectivity index is 2.04. The molecule has 0 spiro atoms. The number of para-hydroxylation sites is 1. The molecule has 0 bridgehead atoms. The zero-order valence-corrected chi connectivity index (χ0v) is 11.7. The third-order valence-electron chi connectivity index (χ3n) is 2.73. The Hall–Kier alpha value is -1.87. The predicted molar refractivity (Wildman–Crippen MR) is 82.6 cm³/mol. The summed E-state index contributed by atoms with van der Waals surface area (Å²) < 4.78 is 5.58. The van der Waals surface area contributed by atoms with E-state index in [9.17, 15) is 0 Å². The van der Waals surface area contributed by atoms with Crippen molar-refractivity contribution in [3.8, 4) is 5.75 Å². The summed E-state index contributed by atoms with van der Waals surface area (Å²) in [6.07, 6.45) is 0. The highest BCUT2D eigenvalue weighted by Crippen LogP contribution is 2.18. The number of ether oxygens (including phenoxy) is 1. The molecule has 0 amide bonds. The average molecular weight is 271 g/mol. The van der Waals surface area contributed by atoms with Crippen LogP contribution in [-0.4, -0.2) is 11.6 Å². The molecular formula is C16H17NOS. The zero-order valence-electron chi connectivity index (χ0n) is 10.9. The largest absolute Gasteiger partial charge is 0.493 e. The van der Waals surface area contributed by atoms with Crippen molar-refractivity contribution >= 4 is 17.2 Å². The summed E-state index contributed by atoms with van der Waals surface area (Å²) in [6, 6.07) is 18.0. The van der Waals surface area contributed by atoms with Crippen LogP contribution in [-0.2, 0) is 6.54 Å². The van der Waals surface area contributed by atoms with Crippen molar-refractivity contribution in [3.05, 3.63) is 65.7 Å². The number of hydrogen-bond acceptors (Lipinski definition) is 2. The standard InChI is InChI=1S/C16H17NOS/c1-2-18-15-11-7-6-10-14(15)16(19)17-12-13-8-4-3-5-9-13/h3-11H,2,12H2,1H3,(H,17,19). The molecule has 0 fully saturated rings. The Labute approximate surface area is 119 Å².